The standard InChI is InChI=1S/C21H22ClN3O3/c1-21(2,3)14-8-10-15(11-9-14)27-13-18(26)23-12-19-24-20(25-28-19)16-6-4-5-7-17(16)22/h4-11H,12-13H2,1-3H3,(H,23,26). The maximum Gasteiger partial charge on any atom is 0.258 e. The molecule has 1 heterocycles. The van der Waals surface area contributed by atoms with Crippen LogP contribution in [0.25, 0.3) is 11.4 Å². The summed E-state index contributed by atoms with van der Waals surface area (Å²) in [4.78, 5) is 16.2. The van der Waals surface area contributed by atoms with E-state index in [1.54, 1.807) is 12.1 Å². The monoisotopic (exact) mass is 399 g/mol. The summed E-state index contributed by atoms with van der Waals surface area (Å²) in [5, 5.41) is 7.12. The van der Waals surface area contributed by atoms with Gasteiger partial charge in [0.05, 0.1) is 11.6 Å². The van der Waals surface area contributed by atoms with Gasteiger partial charge in [-0.2, -0.15) is 4.98 Å². The van der Waals surface area contributed by atoms with Crippen molar-refractivity contribution >= 4 is 17.5 Å². The van der Waals surface area contributed by atoms with Crippen molar-refractivity contribution in [1.82, 2.24) is 15.5 Å². The summed E-state index contributed by atoms with van der Waals surface area (Å²) in [5.74, 6) is 1.03. The van der Waals surface area contributed by atoms with Gasteiger partial charge in [-0.3, -0.25) is 4.79 Å². The predicted molar refractivity (Wildman–Crippen MR) is 107 cm³/mol. The zero-order valence-electron chi connectivity index (χ0n) is 16.0. The van der Waals surface area contributed by atoms with Crippen molar-refractivity contribution in [1.29, 1.82) is 0 Å². The molecule has 6 nitrogen and oxygen atoms in total. The SMILES string of the molecule is CC(C)(C)c1ccc(OCC(=O)NCc2nc(-c3ccccc3Cl)no2)cc1. The number of amides is 1. The lowest BCUT2D eigenvalue weighted by Crippen LogP contribution is -2.28. The van der Waals surface area contributed by atoms with E-state index in [0.29, 0.717) is 22.2 Å². The zero-order valence-corrected chi connectivity index (χ0v) is 16.8. The minimum atomic E-state index is -0.280. The van der Waals surface area contributed by atoms with E-state index >= 15 is 0 Å². The maximum atomic E-state index is 12.0. The Morgan fingerprint density at radius 3 is 2.54 bits per heavy atom. The Kier molecular flexibility index (Phi) is 5.99. The first-order chi connectivity index (χ1) is 13.3. The molecule has 146 valence electrons. The van der Waals surface area contributed by atoms with E-state index in [1.165, 1.54) is 5.56 Å². The fraction of sp³-hybridized carbons (Fsp3) is 0.286. The first-order valence-electron chi connectivity index (χ1n) is 8.90. The second kappa shape index (κ2) is 8.44. The average molecular weight is 400 g/mol. The second-order valence-corrected chi connectivity index (χ2v) is 7.74. The summed E-state index contributed by atoms with van der Waals surface area (Å²) in [6.45, 7) is 6.45. The van der Waals surface area contributed by atoms with Gasteiger partial charge in [-0.15, -0.1) is 0 Å². The molecule has 0 saturated heterocycles. The fourth-order valence-corrected chi connectivity index (χ4v) is 2.72. The third-order valence-electron chi connectivity index (χ3n) is 4.11. The van der Waals surface area contributed by atoms with E-state index in [1.807, 2.05) is 36.4 Å². The number of rotatable bonds is 6. The Hall–Kier alpha value is -2.86. The number of nitrogens with zero attached hydrogens (tertiary/aromatic N) is 2. The van der Waals surface area contributed by atoms with Crippen LogP contribution in [0.3, 0.4) is 0 Å². The molecule has 1 N–H and O–H groups in total. The predicted octanol–water partition coefficient (Wildman–Crippen LogP) is 4.38. The molecule has 0 aliphatic rings. The number of carbonyl (C=O) groups excluding carboxylic acids is 1. The van der Waals surface area contributed by atoms with Crippen LogP contribution >= 0.6 is 11.6 Å². The number of benzene rings is 2. The quantitative estimate of drug-likeness (QED) is 0.665. The minimum absolute atomic E-state index is 0.0722. The van der Waals surface area contributed by atoms with Crippen LogP contribution in [0.5, 0.6) is 5.75 Å². The van der Waals surface area contributed by atoms with Crippen LogP contribution in [0.1, 0.15) is 32.2 Å². The highest BCUT2D eigenvalue weighted by molar-refractivity contribution is 6.33. The lowest BCUT2D eigenvalue weighted by molar-refractivity contribution is -0.123. The third kappa shape index (κ3) is 5.10. The molecule has 0 bridgehead atoms. The highest BCUT2D eigenvalue weighted by Gasteiger charge is 2.14. The van der Waals surface area contributed by atoms with Crippen molar-refractivity contribution in [2.45, 2.75) is 32.7 Å². The molecule has 1 aromatic heterocycles. The average Bonchev–Trinajstić information content (AvgIpc) is 3.13. The Morgan fingerprint density at radius 2 is 1.86 bits per heavy atom. The van der Waals surface area contributed by atoms with E-state index in [4.69, 9.17) is 20.9 Å². The van der Waals surface area contributed by atoms with Crippen LogP contribution in [-0.2, 0) is 16.8 Å². The van der Waals surface area contributed by atoms with Crippen LogP contribution in [0, 0.1) is 0 Å². The Morgan fingerprint density at radius 1 is 1.14 bits per heavy atom. The van der Waals surface area contributed by atoms with E-state index < -0.39 is 0 Å². The normalized spacial score (nSPS) is 11.3. The van der Waals surface area contributed by atoms with E-state index in [-0.39, 0.29) is 30.4 Å². The van der Waals surface area contributed by atoms with E-state index in [0.717, 1.165) is 0 Å². The molecule has 0 atom stereocenters. The van der Waals surface area contributed by atoms with Gasteiger partial charge in [-0.25, -0.2) is 0 Å². The molecule has 3 aromatic rings. The third-order valence-corrected chi connectivity index (χ3v) is 4.44. The summed E-state index contributed by atoms with van der Waals surface area (Å²) >= 11 is 6.12. The first kappa shape index (κ1) is 19.9. The molecule has 28 heavy (non-hydrogen) atoms. The van der Waals surface area contributed by atoms with Gasteiger partial charge >= 0.3 is 0 Å². The second-order valence-electron chi connectivity index (χ2n) is 7.33. The molecule has 7 heteroatoms. The van der Waals surface area contributed by atoms with Crippen molar-refractivity contribution in [2.24, 2.45) is 0 Å². The zero-order chi connectivity index (χ0) is 20.1. The number of hydrogen-bond donors (Lipinski definition) is 1. The molecule has 3 rings (SSSR count). The Labute approximate surface area is 168 Å². The summed E-state index contributed by atoms with van der Waals surface area (Å²) < 4.78 is 10.7. The van der Waals surface area contributed by atoms with Gasteiger partial charge in [-0.1, -0.05) is 61.8 Å². The summed E-state index contributed by atoms with van der Waals surface area (Å²) in [6.07, 6.45) is 0. The van der Waals surface area contributed by atoms with Gasteiger partial charge in [0.1, 0.15) is 5.75 Å². The van der Waals surface area contributed by atoms with Gasteiger partial charge in [0, 0.05) is 5.56 Å². The van der Waals surface area contributed by atoms with E-state index in [2.05, 4.69) is 36.2 Å². The van der Waals surface area contributed by atoms with Crippen molar-refractivity contribution in [3.63, 3.8) is 0 Å². The molecule has 0 radical (unpaired) electrons. The molecule has 0 saturated carbocycles. The fourth-order valence-electron chi connectivity index (χ4n) is 2.50. The summed E-state index contributed by atoms with van der Waals surface area (Å²) in [5.41, 5.74) is 1.95. The molecule has 0 spiro atoms. The minimum Gasteiger partial charge on any atom is -0.484 e. The van der Waals surface area contributed by atoms with Crippen molar-refractivity contribution in [3.8, 4) is 17.1 Å². The molecular weight excluding hydrogens is 378 g/mol. The highest BCUT2D eigenvalue weighted by Crippen LogP contribution is 2.25. The molecule has 1 amide bonds. The topological polar surface area (TPSA) is 77.2 Å². The molecule has 0 aliphatic heterocycles. The number of nitrogens with one attached hydrogen (secondary N) is 1. The van der Waals surface area contributed by atoms with Crippen molar-refractivity contribution in [2.75, 3.05) is 6.61 Å². The van der Waals surface area contributed by atoms with Crippen molar-refractivity contribution in [3.05, 3.63) is 65.0 Å². The number of aromatic nitrogens is 2. The lowest BCUT2D eigenvalue weighted by atomic mass is 9.87. The number of hydrogen-bond acceptors (Lipinski definition) is 5. The van der Waals surface area contributed by atoms with Crippen LogP contribution in [0.2, 0.25) is 5.02 Å². The van der Waals surface area contributed by atoms with Gasteiger partial charge in [-0.05, 0) is 35.2 Å². The van der Waals surface area contributed by atoms with Crippen molar-refractivity contribution < 1.29 is 14.1 Å². The van der Waals surface area contributed by atoms with Crippen LogP contribution in [0.15, 0.2) is 53.1 Å². The van der Waals surface area contributed by atoms with Gasteiger partial charge in [0.25, 0.3) is 5.91 Å². The summed E-state index contributed by atoms with van der Waals surface area (Å²) in [7, 11) is 0. The molecule has 2 aromatic carbocycles. The number of carbonyl (C=O) groups is 1. The molecule has 0 aliphatic carbocycles. The number of ether oxygens (including phenoxy) is 1. The highest BCUT2D eigenvalue weighted by atomic mass is 35.5. The first-order valence-corrected chi connectivity index (χ1v) is 9.28. The maximum absolute atomic E-state index is 12.0. The smallest absolute Gasteiger partial charge is 0.258 e. The lowest BCUT2D eigenvalue weighted by Gasteiger charge is -2.19. The molecular formula is C21H22ClN3O3. The van der Waals surface area contributed by atoms with Crippen LogP contribution in [0.4, 0.5) is 0 Å². The Balaban J connectivity index is 1.49. The molecule has 0 unspecified atom stereocenters. The van der Waals surface area contributed by atoms with E-state index in [9.17, 15) is 4.79 Å². The van der Waals surface area contributed by atoms with Gasteiger partial charge in [0.15, 0.2) is 6.61 Å². The number of halogens is 1. The van der Waals surface area contributed by atoms with Gasteiger partial charge < -0.3 is 14.6 Å². The summed E-state index contributed by atoms with van der Waals surface area (Å²) in [6, 6.07) is 14.9. The molecule has 0 fully saturated rings. The van der Waals surface area contributed by atoms with Gasteiger partial charge in [0.2, 0.25) is 11.7 Å². The Bertz CT molecular complexity index is 946. The van der Waals surface area contributed by atoms with Crippen LogP contribution < -0.4 is 10.1 Å². The largest absolute Gasteiger partial charge is 0.484 e. The van der Waals surface area contributed by atoms with Crippen LogP contribution in [-0.4, -0.2) is 22.7 Å².